The van der Waals surface area contributed by atoms with Crippen LogP contribution in [0.1, 0.15) is 10.5 Å². The van der Waals surface area contributed by atoms with Crippen LogP contribution in [0.15, 0.2) is 23.1 Å². The molecule has 2 aromatic rings. The number of carbonyl (C=O) groups excluding carboxylic acids is 1. The molecule has 0 unspecified atom stereocenters. The van der Waals surface area contributed by atoms with Crippen molar-refractivity contribution in [3.05, 3.63) is 34.4 Å². The van der Waals surface area contributed by atoms with Crippen molar-refractivity contribution in [3.63, 3.8) is 0 Å². The molecule has 0 aliphatic heterocycles. The van der Waals surface area contributed by atoms with E-state index in [1.54, 1.807) is 38.0 Å². The molecule has 6 heteroatoms. The number of nitrogens with one attached hydrogen (secondary N) is 1. The molecule has 6 nitrogen and oxygen atoms in total. The normalized spacial score (nSPS) is 10.9. The zero-order chi connectivity index (χ0) is 14.0. The third-order valence-corrected chi connectivity index (χ3v) is 3.11. The van der Waals surface area contributed by atoms with E-state index in [9.17, 15) is 9.59 Å². The summed E-state index contributed by atoms with van der Waals surface area (Å²) in [6.07, 6.45) is 1.69. The first kappa shape index (κ1) is 13.4. The fourth-order valence-electron chi connectivity index (χ4n) is 2.01. The number of hydrogen-bond donors (Lipinski definition) is 1. The minimum absolute atomic E-state index is 0.107. The van der Waals surface area contributed by atoms with Gasteiger partial charge >= 0.3 is 0 Å². The number of aryl methyl sites for hydroxylation is 2. The predicted octanol–water partition coefficient (Wildman–Crippen LogP) is 0.253. The van der Waals surface area contributed by atoms with E-state index in [4.69, 9.17) is 4.74 Å². The van der Waals surface area contributed by atoms with Gasteiger partial charge in [0.1, 0.15) is 5.69 Å². The highest BCUT2D eigenvalue weighted by Crippen LogP contribution is 2.14. The molecule has 2 heterocycles. The zero-order valence-electron chi connectivity index (χ0n) is 11.3. The lowest BCUT2D eigenvalue weighted by Crippen LogP contribution is -2.28. The van der Waals surface area contributed by atoms with E-state index in [-0.39, 0.29) is 11.5 Å². The van der Waals surface area contributed by atoms with Crippen LogP contribution < -0.4 is 10.9 Å². The summed E-state index contributed by atoms with van der Waals surface area (Å²) >= 11 is 0. The van der Waals surface area contributed by atoms with Gasteiger partial charge in [-0.15, -0.1) is 0 Å². The number of amides is 1. The maximum Gasteiger partial charge on any atom is 0.268 e. The van der Waals surface area contributed by atoms with Crippen LogP contribution in [0.5, 0.6) is 0 Å². The van der Waals surface area contributed by atoms with Crippen LogP contribution in [-0.4, -0.2) is 35.3 Å². The van der Waals surface area contributed by atoms with Crippen LogP contribution >= 0.6 is 0 Å². The highest BCUT2D eigenvalue weighted by molar-refractivity contribution is 5.98. The van der Waals surface area contributed by atoms with Crippen LogP contribution in [0.25, 0.3) is 10.9 Å². The minimum Gasteiger partial charge on any atom is -0.383 e. The summed E-state index contributed by atoms with van der Waals surface area (Å²) in [5.41, 5.74) is 1.11. The molecule has 2 rings (SSSR count). The number of carbonyl (C=O) groups is 1. The molecule has 0 spiro atoms. The Balaban J connectivity index is 2.40. The Bertz CT molecular complexity index is 670. The number of nitrogens with zero attached hydrogens (tertiary/aromatic N) is 2. The third kappa shape index (κ3) is 2.39. The molecule has 0 atom stereocenters. The summed E-state index contributed by atoms with van der Waals surface area (Å²) in [4.78, 5) is 24.0. The van der Waals surface area contributed by atoms with Gasteiger partial charge in [0.25, 0.3) is 11.5 Å². The lowest BCUT2D eigenvalue weighted by molar-refractivity contribution is 0.0929. The number of ether oxygens (including phenoxy) is 1. The maximum absolute atomic E-state index is 12.0. The number of methoxy groups -OCH3 is 1. The van der Waals surface area contributed by atoms with Crippen LogP contribution in [0, 0.1) is 0 Å². The number of fused-ring (bicyclic) bond motifs is 1. The lowest BCUT2D eigenvalue weighted by Gasteiger charge is -2.05. The van der Waals surface area contributed by atoms with Crippen LogP contribution in [0.4, 0.5) is 0 Å². The smallest absolute Gasteiger partial charge is 0.268 e. The molecule has 0 aliphatic rings. The fourth-order valence-corrected chi connectivity index (χ4v) is 2.01. The van der Waals surface area contributed by atoms with Crippen molar-refractivity contribution in [2.75, 3.05) is 20.3 Å². The predicted molar refractivity (Wildman–Crippen MR) is 72.4 cm³/mol. The average Bonchev–Trinajstić information content (AvgIpc) is 2.72. The van der Waals surface area contributed by atoms with E-state index in [1.165, 1.54) is 4.57 Å². The van der Waals surface area contributed by atoms with Gasteiger partial charge in [0, 0.05) is 33.9 Å². The third-order valence-electron chi connectivity index (χ3n) is 3.11. The van der Waals surface area contributed by atoms with Crippen LogP contribution in [-0.2, 0) is 18.8 Å². The van der Waals surface area contributed by atoms with Crippen molar-refractivity contribution in [2.45, 2.75) is 0 Å². The molecule has 0 radical (unpaired) electrons. The van der Waals surface area contributed by atoms with Crippen molar-refractivity contribution >= 4 is 16.8 Å². The average molecular weight is 263 g/mol. The first-order valence-corrected chi connectivity index (χ1v) is 5.98. The Labute approximate surface area is 110 Å². The number of aromatic nitrogens is 2. The first-order chi connectivity index (χ1) is 9.06. The van der Waals surface area contributed by atoms with Gasteiger partial charge in [0.15, 0.2) is 0 Å². The van der Waals surface area contributed by atoms with Gasteiger partial charge in [-0.3, -0.25) is 9.59 Å². The van der Waals surface area contributed by atoms with E-state index in [2.05, 4.69) is 5.32 Å². The van der Waals surface area contributed by atoms with E-state index < -0.39 is 0 Å². The van der Waals surface area contributed by atoms with Gasteiger partial charge < -0.3 is 19.2 Å². The topological polar surface area (TPSA) is 65.3 Å². The summed E-state index contributed by atoms with van der Waals surface area (Å²) in [5, 5.41) is 3.29. The molecule has 102 valence electrons. The molecule has 0 fully saturated rings. The van der Waals surface area contributed by atoms with Crippen molar-refractivity contribution in [3.8, 4) is 0 Å². The molecule has 0 aliphatic carbocycles. The molecular formula is C13H17N3O3. The first-order valence-electron chi connectivity index (χ1n) is 5.98. The Morgan fingerprint density at radius 1 is 1.42 bits per heavy atom. The van der Waals surface area contributed by atoms with E-state index >= 15 is 0 Å². The second kappa shape index (κ2) is 5.27. The van der Waals surface area contributed by atoms with Crippen molar-refractivity contribution in [1.29, 1.82) is 0 Å². The van der Waals surface area contributed by atoms with Gasteiger partial charge in [0.2, 0.25) is 0 Å². The van der Waals surface area contributed by atoms with E-state index in [1.807, 2.05) is 6.07 Å². The van der Waals surface area contributed by atoms with Gasteiger partial charge in [-0.25, -0.2) is 0 Å². The van der Waals surface area contributed by atoms with E-state index in [0.717, 1.165) is 5.52 Å². The van der Waals surface area contributed by atoms with Crippen molar-refractivity contribution in [2.24, 2.45) is 14.1 Å². The summed E-state index contributed by atoms with van der Waals surface area (Å²) < 4.78 is 8.09. The summed E-state index contributed by atoms with van der Waals surface area (Å²) in [6.45, 7) is 0.895. The Hall–Kier alpha value is -2.08. The van der Waals surface area contributed by atoms with Crippen LogP contribution in [0.3, 0.4) is 0 Å². The largest absolute Gasteiger partial charge is 0.383 e. The van der Waals surface area contributed by atoms with Crippen LogP contribution in [0.2, 0.25) is 0 Å². The Morgan fingerprint density at radius 3 is 2.84 bits per heavy atom. The monoisotopic (exact) mass is 263 g/mol. The Kier molecular flexibility index (Phi) is 3.71. The SMILES string of the molecule is COCCNC(=O)c1cc2c(=O)n(C)ccc2n1C. The van der Waals surface area contributed by atoms with Gasteiger partial charge in [0.05, 0.1) is 17.5 Å². The van der Waals surface area contributed by atoms with E-state index in [0.29, 0.717) is 24.2 Å². The summed E-state index contributed by atoms with van der Waals surface area (Å²) in [5.74, 6) is -0.210. The highest BCUT2D eigenvalue weighted by Gasteiger charge is 2.14. The molecule has 1 N–H and O–H groups in total. The van der Waals surface area contributed by atoms with Gasteiger partial charge in [-0.2, -0.15) is 0 Å². The summed E-state index contributed by atoms with van der Waals surface area (Å²) in [6, 6.07) is 3.45. The fraction of sp³-hybridized carbons (Fsp3) is 0.385. The standard InChI is InChI=1S/C13H17N3O3/c1-15-6-4-10-9(13(15)18)8-11(16(10)2)12(17)14-5-7-19-3/h4,6,8H,5,7H2,1-3H3,(H,14,17). The van der Waals surface area contributed by atoms with Gasteiger partial charge in [-0.1, -0.05) is 0 Å². The second-order valence-electron chi connectivity index (χ2n) is 4.37. The maximum atomic E-state index is 12.0. The van der Waals surface area contributed by atoms with Crippen molar-refractivity contribution in [1.82, 2.24) is 14.5 Å². The molecule has 2 aromatic heterocycles. The number of pyridine rings is 1. The summed E-state index contributed by atoms with van der Waals surface area (Å²) in [7, 11) is 5.03. The molecule has 0 aromatic carbocycles. The quantitative estimate of drug-likeness (QED) is 0.804. The molecular weight excluding hydrogens is 246 g/mol. The van der Waals surface area contributed by atoms with Crippen molar-refractivity contribution < 1.29 is 9.53 Å². The molecule has 0 bridgehead atoms. The second-order valence-corrected chi connectivity index (χ2v) is 4.37. The lowest BCUT2D eigenvalue weighted by atomic mass is 10.3. The molecule has 1 amide bonds. The minimum atomic E-state index is -0.210. The van der Waals surface area contributed by atoms with Gasteiger partial charge in [-0.05, 0) is 12.1 Å². The number of hydrogen-bond acceptors (Lipinski definition) is 3. The molecule has 19 heavy (non-hydrogen) atoms. The zero-order valence-corrected chi connectivity index (χ0v) is 11.3. The molecule has 0 saturated heterocycles. The Morgan fingerprint density at radius 2 is 2.16 bits per heavy atom. The number of rotatable bonds is 4. The highest BCUT2D eigenvalue weighted by atomic mass is 16.5. The molecule has 0 saturated carbocycles.